The molecule has 0 radical (unpaired) electrons. The van der Waals surface area contributed by atoms with Gasteiger partial charge in [0.25, 0.3) is 0 Å². The summed E-state index contributed by atoms with van der Waals surface area (Å²) in [5, 5.41) is 0.149. The molecule has 0 bridgehead atoms. The summed E-state index contributed by atoms with van der Waals surface area (Å²) >= 11 is 6.02. The first-order valence-electron chi connectivity index (χ1n) is 7.17. The van der Waals surface area contributed by atoms with Crippen LogP contribution < -0.4 is 0 Å². The molecule has 0 heterocycles. The van der Waals surface area contributed by atoms with E-state index in [-0.39, 0.29) is 11.3 Å². The second kappa shape index (κ2) is 9.78. The Labute approximate surface area is 126 Å². The molecule has 0 aliphatic carbocycles. The Morgan fingerprint density at radius 2 is 2.00 bits per heavy atom. The molecule has 1 rings (SSSR count). The number of ether oxygens (including phenoxy) is 1. The largest absolute Gasteiger partial charge is 0.466 e. The van der Waals surface area contributed by atoms with Gasteiger partial charge in [-0.25, -0.2) is 0 Å². The summed E-state index contributed by atoms with van der Waals surface area (Å²) in [5.74, 6) is -0.135. The third-order valence-electron chi connectivity index (χ3n) is 3.03. The van der Waals surface area contributed by atoms with Gasteiger partial charge in [0.15, 0.2) is 0 Å². The molecule has 0 aromatic heterocycles. The summed E-state index contributed by atoms with van der Waals surface area (Å²) in [6.45, 7) is 6.69. The van der Waals surface area contributed by atoms with Gasteiger partial charge in [0.05, 0.1) is 13.0 Å². The first-order chi connectivity index (χ1) is 9.61. The summed E-state index contributed by atoms with van der Waals surface area (Å²) in [6, 6.07) is 10.3. The van der Waals surface area contributed by atoms with Gasteiger partial charge in [-0.1, -0.05) is 30.3 Å². The fourth-order valence-corrected chi connectivity index (χ4v) is 2.05. The molecular weight excluding hydrogens is 274 g/mol. The molecule has 0 saturated carbocycles. The van der Waals surface area contributed by atoms with Crippen LogP contribution in [0, 0.1) is 0 Å². The van der Waals surface area contributed by atoms with Crippen molar-refractivity contribution in [2.45, 2.75) is 38.6 Å². The van der Waals surface area contributed by atoms with Gasteiger partial charge in [-0.05, 0) is 32.4 Å². The van der Waals surface area contributed by atoms with Crippen molar-refractivity contribution in [3.8, 4) is 0 Å². The topological polar surface area (TPSA) is 29.5 Å². The summed E-state index contributed by atoms with van der Waals surface area (Å²) in [7, 11) is 0. The lowest BCUT2D eigenvalue weighted by atomic mass is 10.2. The van der Waals surface area contributed by atoms with Crippen molar-refractivity contribution in [2.75, 3.05) is 19.7 Å². The van der Waals surface area contributed by atoms with Gasteiger partial charge in [-0.15, -0.1) is 11.6 Å². The summed E-state index contributed by atoms with van der Waals surface area (Å²) < 4.78 is 4.98. The zero-order chi connectivity index (χ0) is 14.8. The monoisotopic (exact) mass is 297 g/mol. The third kappa shape index (κ3) is 7.51. The molecule has 20 heavy (non-hydrogen) atoms. The molecule has 0 aliphatic rings. The zero-order valence-electron chi connectivity index (χ0n) is 12.3. The van der Waals surface area contributed by atoms with E-state index >= 15 is 0 Å². The van der Waals surface area contributed by atoms with Crippen LogP contribution in [-0.4, -0.2) is 35.9 Å². The van der Waals surface area contributed by atoms with Crippen molar-refractivity contribution in [1.82, 2.24) is 4.90 Å². The molecule has 0 aliphatic heterocycles. The van der Waals surface area contributed by atoms with Gasteiger partial charge in [0.2, 0.25) is 0 Å². The van der Waals surface area contributed by atoms with Gasteiger partial charge in [-0.3, -0.25) is 9.69 Å². The highest BCUT2D eigenvalue weighted by atomic mass is 35.5. The molecule has 0 N–H and O–H groups in total. The minimum atomic E-state index is -0.135. The molecular formula is C16H24ClNO2. The zero-order valence-corrected chi connectivity index (χ0v) is 13.1. The number of benzene rings is 1. The van der Waals surface area contributed by atoms with Crippen LogP contribution in [0.1, 0.15) is 32.3 Å². The molecule has 1 aromatic rings. The minimum Gasteiger partial charge on any atom is -0.466 e. The summed E-state index contributed by atoms with van der Waals surface area (Å²) in [5.41, 5.74) is 1.25. The van der Waals surface area contributed by atoms with E-state index in [1.807, 2.05) is 32.0 Å². The Bertz CT molecular complexity index is 381. The van der Waals surface area contributed by atoms with Crippen LogP contribution in [0.3, 0.4) is 0 Å². The number of halogens is 1. The Balaban J connectivity index is 2.49. The number of hydrogen-bond donors (Lipinski definition) is 0. The average Bonchev–Trinajstić information content (AvgIpc) is 2.43. The highest BCUT2D eigenvalue weighted by Crippen LogP contribution is 2.09. The van der Waals surface area contributed by atoms with E-state index in [9.17, 15) is 4.79 Å². The van der Waals surface area contributed by atoms with E-state index in [4.69, 9.17) is 16.3 Å². The molecule has 0 amide bonds. The Morgan fingerprint density at radius 1 is 1.30 bits per heavy atom. The van der Waals surface area contributed by atoms with Crippen LogP contribution in [0.5, 0.6) is 0 Å². The fourth-order valence-electron chi connectivity index (χ4n) is 1.95. The molecule has 1 unspecified atom stereocenters. The second-order valence-electron chi connectivity index (χ2n) is 4.89. The molecule has 4 heteroatoms. The maximum atomic E-state index is 11.5. The van der Waals surface area contributed by atoms with E-state index in [1.54, 1.807) is 0 Å². The van der Waals surface area contributed by atoms with Crippen molar-refractivity contribution in [1.29, 1.82) is 0 Å². The molecule has 1 aromatic carbocycles. The van der Waals surface area contributed by atoms with E-state index in [1.165, 1.54) is 5.56 Å². The average molecular weight is 298 g/mol. The van der Waals surface area contributed by atoms with E-state index < -0.39 is 0 Å². The molecule has 0 saturated heterocycles. The van der Waals surface area contributed by atoms with Crippen LogP contribution >= 0.6 is 11.6 Å². The Kier molecular flexibility index (Phi) is 8.31. The third-order valence-corrected chi connectivity index (χ3v) is 3.25. The lowest BCUT2D eigenvalue weighted by Gasteiger charge is -2.22. The SMILES string of the molecule is CCOC(=O)CCN(CCC(C)Cl)Cc1ccccc1. The lowest BCUT2D eigenvalue weighted by Crippen LogP contribution is -2.28. The fraction of sp³-hybridized carbons (Fsp3) is 0.562. The number of esters is 1. The summed E-state index contributed by atoms with van der Waals surface area (Å²) in [4.78, 5) is 13.7. The van der Waals surface area contributed by atoms with Gasteiger partial charge in [0.1, 0.15) is 0 Å². The number of rotatable bonds is 9. The predicted molar refractivity (Wildman–Crippen MR) is 82.9 cm³/mol. The van der Waals surface area contributed by atoms with Gasteiger partial charge in [-0.2, -0.15) is 0 Å². The van der Waals surface area contributed by atoms with Gasteiger partial charge >= 0.3 is 5.97 Å². The quantitative estimate of drug-likeness (QED) is 0.516. The first-order valence-corrected chi connectivity index (χ1v) is 7.61. The number of carbonyl (C=O) groups excluding carboxylic acids is 1. The second-order valence-corrected chi connectivity index (χ2v) is 5.63. The first kappa shape index (κ1) is 17.0. The van der Waals surface area contributed by atoms with Crippen LogP contribution in [0.25, 0.3) is 0 Å². The summed E-state index contributed by atoms with van der Waals surface area (Å²) in [6.07, 6.45) is 1.34. The maximum absolute atomic E-state index is 11.5. The number of hydrogen-bond acceptors (Lipinski definition) is 3. The van der Waals surface area contributed by atoms with Gasteiger partial charge in [0, 0.05) is 18.5 Å². The normalized spacial score (nSPS) is 12.4. The van der Waals surface area contributed by atoms with Crippen molar-refractivity contribution in [2.24, 2.45) is 0 Å². The van der Waals surface area contributed by atoms with Crippen molar-refractivity contribution >= 4 is 17.6 Å². The predicted octanol–water partition coefficient (Wildman–Crippen LogP) is 3.46. The smallest absolute Gasteiger partial charge is 0.307 e. The Morgan fingerprint density at radius 3 is 2.60 bits per heavy atom. The molecule has 112 valence electrons. The number of alkyl halides is 1. The standard InChI is InChI=1S/C16H24ClNO2/c1-3-20-16(19)10-12-18(11-9-14(2)17)13-15-7-5-4-6-8-15/h4-8,14H,3,9-13H2,1-2H3. The van der Waals surface area contributed by atoms with E-state index in [2.05, 4.69) is 17.0 Å². The molecule has 0 spiro atoms. The minimum absolute atomic E-state index is 0.135. The number of nitrogens with zero attached hydrogens (tertiary/aromatic N) is 1. The van der Waals surface area contributed by atoms with Crippen LogP contribution in [0.15, 0.2) is 30.3 Å². The van der Waals surface area contributed by atoms with E-state index in [0.29, 0.717) is 19.6 Å². The highest BCUT2D eigenvalue weighted by Gasteiger charge is 2.10. The van der Waals surface area contributed by atoms with Crippen LogP contribution in [-0.2, 0) is 16.1 Å². The van der Waals surface area contributed by atoms with E-state index in [0.717, 1.165) is 19.5 Å². The van der Waals surface area contributed by atoms with Crippen LogP contribution in [0.4, 0.5) is 0 Å². The maximum Gasteiger partial charge on any atom is 0.307 e. The molecule has 1 atom stereocenters. The molecule has 3 nitrogen and oxygen atoms in total. The van der Waals surface area contributed by atoms with Crippen LogP contribution in [0.2, 0.25) is 0 Å². The number of carbonyl (C=O) groups is 1. The van der Waals surface area contributed by atoms with Gasteiger partial charge < -0.3 is 4.74 Å². The highest BCUT2D eigenvalue weighted by molar-refractivity contribution is 6.20. The van der Waals surface area contributed by atoms with Crippen molar-refractivity contribution < 1.29 is 9.53 Å². The Hall–Kier alpha value is -1.06. The molecule has 0 fully saturated rings. The van der Waals surface area contributed by atoms with Crippen molar-refractivity contribution in [3.63, 3.8) is 0 Å². The lowest BCUT2D eigenvalue weighted by molar-refractivity contribution is -0.143. The van der Waals surface area contributed by atoms with Crippen molar-refractivity contribution in [3.05, 3.63) is 35.9 Å².